The van der Waals surface area contributed by atoms with Crippen LogP contribution >= 0.6 is 31.9 Å². The molecule has 2 aromatic carbocycles. The van der Waals surface area contributed by atoms with Crippen molar-refractivity contribution in [3.8, 4) is 11.5 Å². The maximum Gasteiger partial charge on any atom is 0.147 e. The molecule has 0 radical (unpaired) electrons. The number of hydrogen-bond acceptors (Lipinski definition) is 3. The van der Waals surface area contributed by atoms with Gasteiger partial charge in [-0.3, -0.25) is 0 Å². The quantitative estimate of drug-likeness (QED) is 0.679. The van der Waals surface area contributed by atoms with E-state index in [2.05, 4.69) is 61.4 Å². The summed E-state index contributed by atoms with van der Waals surface area (Å²) in [5.41, 5.74) is 2.42. The number of methoxy groups -OCH3 is 1. The molecule has 0 heterocycles. The van der Waals surface area contributed by atoms with Gasteiger partial charge in [0.25, 0.3) is 0 Å². The van der Waals surface area contributed by atoms with Gasteiger partial charge >= 0.3 is 0 Å². The van der Waals surface area contributed by atoms with Gasteiger partial charge in [-0.25, -0.2) is 0 Å². The van der Waals surface area contributed by atoms with E-state index in [0.29, 0.717) is 6.61 Å². The number of rotatable bonds is 7. The smallest absolute Gasteiger partial charge is 0.147 e. The summed E-state index contributed by atoms with van der Waals surface area (Å²) in [5.74, 6) is 1.73. The monoisotopic (exact) mass is 427 g/mol. The fourth-order valence-corrected chi connectivity index (χ4v) is 3.60. The molecule has 1 N–H and O–H groups in total. The molecule has 3 nitrogen and oxygen atoms in total. The lowest BCUT2D eigenvalue weighted by atomic mass is 10.2. The summed E-state index contributed by atoms with van der Waals surface area (Å²) in [6, 6.07) is 12.2. The molecule has 0 aliphatic rings. The Kier molecular flexibility index (Phi) is 6.73. The Bertz CT molecular complexity index is 592. The first-order valence-corrected chi connectivity index (χ1v) is 8.67. The molecule has 0 saturated heterocycles. The van der Waals surface area contributed by atoms with Crippen LogP contribution in [0, 0.1) is 0 Å². The zero-order valence-corrected chi connectivity index (χ0v) is 15.8. The van der Waals surface area contributed by atoms with E-state index >= 15 is 0 Å². The number of nitrogens with one attached hydrogen (secondary N) is 1. The second-order valence-corrected chi connectivity index (χ2v) is 6.48. The van der Waals surface area contributed by atoms with E-state index in [1.54, 1.807) is 7.11 Å². The topological polar surface area (TPSA) is 30.5 Å². The van der Waals surface area contributed by atoms with Crippen LogP contribution in [-0.4, -0.2) is 13.7 Å². The van der Waals surface area contributed by atoms with Crippen molar-refractivity contribution < 1.29 is 9.47 Å². The van der Waals surface area contributed by atoms with E-state index in [-0.39, 0.29) is 0 Å². The normalized spacial score (nSPS) is 10.5. The summed E-state index contributed by atoms with van der Waals surface area (Å²) in [6.07, 6.45) is 0. The first-order chi connectivity index (χ1) is 10.6. The van der Waals surface area contributed by atoms with Crippen molar-refractivity contribution in [1.82, 2.24) is 5.32 Å². The van der Waals surface area contributed by atoms with E-state index in [0.717, 1.165) is 33.5 Å². The number of benzene rings is 2. The highest BCUT2D eigenvalue weighted by Gasteiger charge is 2.08. The Hall–Kier alpha value is -1.04. The van der Waals surface area contributed by atoms with E-state index in [1.165, 1.54) is 11.1 Å². The van der Waals surface area contributed by atoms with E-state index < -0.39 is 0 Å². The van der Waals surface area contributed by atoms with Crippen LogP contribution in [0.5, 0.6) is 11.5 Å². The molecular weight excluding hydrogens is 410 g/mol. The maximum absolute atomic E-state index is 5.59. The molecule has 0 aliphatic heterocycles. The summed E-state index contributed by atoms with van der Waals surface area (Å²) in [4.78, 5) is 0. The zero-order valence-electron chi connectivity index (χ0n) is 12.7. The van der Waals surface area contributed by atoms with Crippen molar-refractivity contribution in [2.24, 2.45) is 0 Å². The SMILES string of the molecule is CCOc1c(Br)cc(CNCc2ccc(OC)cc2)cc1Br. The van der Waals surface area contributed by atoms with Crippen LogP contribution in [0.25, 0.3) is 0 Å². The lowest BCUT2D eigenvalue weighted by molar-refractivity contribution is 0.336. The summed E-state index contributed by atoms with van der Waals surface area (Å²) < 4.78 is 12.7. The van der Waals surface area contributed by atoms with Crippen LogP contribution < -0.4 is 14.8 Å². The third-order valence-corrected chi connectivity index (χ3v) is 4.34. The molecule has 0 spiro atoms. The van der Waals surface area contributed by atoms with Gasteiger partial charge in [-0.1, -0.05) is 12.1 Å². The largest absolute Gasteiger partial charge is 0.497 e. The van der Waals surface area contributed by atoms with Crippen LogP contribution in [0.3, 0.4) is 0 Å². The second-order valence-electron chi connectivity index (χ2n) is 4.77. The molecule has 0 bridgehead atoms. The summed E-state index contributed by atoms with van der Waals surface area (Å²) in [6.45, 7) is 4.22. The Morgan fingerprint density at radius 3 is 2.09 bits per heavy atom. The molecule has 0 amide bonds. The molecule has 2 rings (SSSR count). The minimum atomic E-state index is 0.645. The van der Waals surface area contributed by atoms with Crippen molar-refractivity contribution in [3.63, 3.8) is 0 Å². The summed E-state index contributed by atoms with van der Waals surface area (Å²) in [5, 5.41) is 3.44. The average molecular weight is 429 g/mol. The van der Waals surface area contributed by atoms with E-state index in [4.69, 9.17) is 9.47 Å². The van der Waals surface area contributed by atoms with E-state index in [1.807, 2.05) is 19.1 Å². The first-order valence-electron chi connectivity index (χ1n) is 7.08. The predicted molar refractivity (Wildman–Crippen MR) is 96.5 cm³/mol. The van der Waals surface area contributed by atoms with Crippen molar-refractivity contribution in [1.29, 1.82) is 0 Å². The Morgan fingerprint density at radius 1 is 0.955 bits per heavy atom. The average Bonchev–Trinajstić information content (AvgIpc) is 2.51. The molecule has 0 unspecified atom stereocenters. The minimum Gasteiger partial charge on any atom is -0.497 e. The van der Waals surface area contributed by atoms with Crippen molar-refractivity contribution in [2.45, 2.75) is 20.0 Å². The van der Waals surface area contributed by atoms with Crippen molar-refractivity contribution >= 4 is 31.9 Å². The highest BCUT2D eigenvalue weighted by atomic mass is 79.9. The number of ether oxygens (including phenoxy) is 2. The zero-order chi connectivity index (χ0) is 15.9. The fraction of sp³-hybridized carbons (Fsp3) is 0.294. The number of hydrogen-bond donors (Lipinski definition) is 1. The summed E-state index contributed by atoms with van der Waals surface area (Å²) >= 11 is 7.11. The first kappa shape index (κ1) is 17.3. The standard InChI is InChI=1S/C17H19Br2NO2/c1-3-22-17-15(18)8-13(9-16(17)19)11-20-10-12-4-6-14(21-2)7-5-12/h4-9,20H,3,10-11H2,1-2H3. The molecule has 0 aliphatic carbocycles. The Balaban J connectivity index is 1.93. The highest BCUT2D eigenvalue weighted by molar-refractivity contribution is 9.11. The molecule has 0 saturated carbocycles. The van der Waals surface area contributed by atoms with Crippen molar-refractivity contribution in [2.75, 3.05) is 13.7 Å². The van der Waals surface area contributed by atoms with Crippen LogP contribution in [0.1, 0.15) is 18.1 Å². The molecule has 5 heteroatoms. The van der Waals surface area contributed by atoms with Gasteiger partial charge in [-0.15, -0.1) is 0 Å². The molecule has 118 valence electrons. The fourth-order valence-electron chi connectivity index (χ4n) is 2.09. The van der Waals surface area contributed by atoms with Gasteiger partial charge in [0.15, 0.2) is 0 Å². The maximum atomic E-state index is 5.59. The van der Waals surface area contributed by atoms with Gasteiger partial charge < -0.3 is 14.8 Å². The third kappa shape index (κ3) is 4.73. The number of halogens is 2. The predicted octanol–water partition coefficient (Wildman–Crippen LogP) is 4.91. The van der Waals surface area contributed by atoms with Gasteiger partial charge in [0.05, 0.1) is 22.7 Å². The van der Waals surface area contributed by atoms with E-state index in [9.17, 15) is 0 Å². The lowest BCUT2D eigenvalue weighted by Gasteiger charge is -2.12. The molecule has 2 aromatic rings. The van der Waals surface area contributed by atoms with Gasteiger partial charge in [0.1, 0.15) is 11.5 Å². The molecule has 0 atom stereocenters. The van der Waals surface area contributed by atoms with Gasteiger partial charge in [0.2, 0.25) is 0 Å². The molecule has 0 aromatic heterocycles. The molecule has 0 fully saturated rings. The Labute approximate surface area is 148 Å². The van der Waals surface area contributed by atoms with Gasteiger partial charge in [0, 0.05) is 13.1 Å². The lowest BCUT2D eigenvalue weighted by Crippen LogP contribution is -2.12. The van der Waals surface area contributed by atoms with Gasteiger partial charge in [-0.05, 0) is 74.2 Å². The second kappa shape index (κ2) is 8.56. The van der Waals surface area contributed by atoms with Crippen molar-refractivity contribution in [3.05, 3.63) is 56.5 Å². The highest BCUT2D eigenvalue weighted by Crippen LogP contribution is 2.34. The Morgan fingerprint density at radius 2 is 1.55 bits per heavy atom. The van der Waals surface area contributed by atoms with Crippen LogP contribution in [0.4, 0.5) is 0 Å². The van der Waals surface area contributed by atoms with Crippen LogP contribution in [0.15, 0.2) is 45.3 Å². The molecular formula is C17H19Br2NO2. The summed E-state index contributed by atoms with van der Waals surface area (Å²) in [7, 11) is 1.68. The van der Waals surface area contributed by atoms with Gasteiger partial charge in [-0.2, -0.15) is 0 Å². The third-order valence-electron chi connectivity index (χ3n) is 3.16. The van der Waals surface area contributed by atoms with Crippen LogP contribution in [-0.2, 0) is 13.1 Å². The minimum absolute atomic E-state index is 0.645. The molecule has 22 heavy (non-hydrogen) atoms. The van der Waals surface area contributed by atoms with Crippen LogP contribution in [0.2, 0.25) is 0 Å².